The normalized spacial score (nSPS) is 29.3. The molecule has 0 radical (unpaired) electrons. The van der Waals surface area contributed by atoms with Gasteiger partial charge in [0.1, 0.15) is 18.6 Å². The van der Waals surface area contributed by atoms with Gasteiger partial charge in [-0.3, -0.25) is 14.5 Å². The van der Waals surface area contributed by atoms with Crippen LogP contribution in [0.2, 0.25) is 0 Å². The highest BCUT2D eigenvalue weighted by Gasteiger charge is 2.58. The lowest BCUT2D eigenvalue weighted by atomic mass is 9.74. The first-order valence-electron chi connectivity index (χ1n) is 13.7. The summed E-state index contributed by atoms with van der Waals surface area (Å²) in [4.78, 5) is 39.7. The summed E-state index contributed by atoms with van der Waals surface area (Å²) in [5.41, 5.74) is 4.01. The first-order chi connectivity index (χ1) is 20.1. The summed E-state index contributed by atoms with van der Waals surface area (Å²) >= 11 is 1.19. The van der Waals surface area contributed by atoms with E-state index in [9.17, 15) is 24.6 Å². The van der Waals surface area contributed by atoms with E-state index < -0.39 is 53.4 Å². The van der Waals surface area contributed by atoms with Crippen molar-refractivity contribution in [1.29, 1.82) is 0 Å². The van der Waals surface area contributed by atoms with Crippen LogP contribution in [0.1, 0.15) is 57.6 Å². The lowest BCUT2D eigenvalue weighted by Gasteiger charge is -2.59. The summed E-state index contributed by atoms with van der Waals surface area (Å²) in [6, 6.07) is -0.375. The smallest absolute Gasteiger partial charge is 0.375 e. The quantitative estimate of drug-likeness (QED) is 0.262. The zero-order valence-electron chi connectivity index (χ0n) is 23.4. The maximum Gasteiger partial charge on any atom is 0.375 e. The molecule has 2 aromatic carbocycles. The fourth-order valence-electron chi connectivity index (χ4n) is 7.32. The zero-order chi connectivity index (χ0) is 29.6. The monoisotopic (exact) mass is 598 g/mol. The van der Waals surface area contributed by atoms with Crippen molar-refractivity contribution < 1.29 is 48.3 Å². The number of nitrogens with zero attached hydrogens (tertiary/aromatic N) is 1. The Bertz CT molecular complexity index is 1560. The molecule has 5 aliphatic heterocycles. The Morgan fingerprint density at radius 2 is 1.88 bits per heavy atom. The van der Waals surface area contributed by atoms with E-state index in [4.69, 9.17) is 23.7 Å². The van der Waals surface area contributed by atoms with E-state index in [1.165, 1.54) is 25.8 Å². The van der Waals surface area contributed by atoms with Crippen molar-refractivity contribution in [2.45, 2.75) is 62.8 Å². The molecule has 42 heavy (non-hydrogen) atoms. The largest absolute Gasteiger partial charge is 0.504 e. The van der Waals surface area contributed by atoms with Gasteiger partial charge in [0.15, 0.2) is 23.0 Å². The van der Waals surface area contributed by atoms with Gasteiger partial charge >= 0.3 is 11.9 Å². The van der Waals surface area contributed by atoms with Gasteiger partial charge in [0, 0.05) is 35.2 Å². The van der Waals surface area contributed by atoms with Gasteiger partial charge in [0.25, 0.3) is 0 Å². The van der Waals surface area contributed by atoms with Gasteiger partial charge in [0.05, 0.1) is 36.2 Å². The second-order valence-electron chi connectivity index (χ2n) is 11.2. The van der Waals surface area contributed by atoms with Crippen LogP contribution in [-0.2, 0) is 25.5 Å². The molecular formula is C29H30N2O10S. The van der Waals surface area contributed by atoms with Crippen molar-refractivity contribution in [3.63, 3.8) is 0 Å². The number of cyclic esters (lactones) is 1. The maximum atomic E-state index is 12.8. The molecule has 222 valence electrons. The van der Waals surface area contributed by atoms with Gasteiger partial charge in [0.2, 0.25) is 12.6 Å². The minimum absolute atomic E-state index is 0.00237. The number of aliphatic hydroxyl groups is 1. The Morgan fingerprint density at radius 3 is 2.62 bits per heavy atom. The number of nitrogens with one attached hydrogen (secondary N) is 1. The van der Waals surface area contributed by atoms with Gasteiger partial charge in [-0.2, -0.15) is 0 Å². The SMILES string of the molecule is COc1c(C)cc2c(c1O)[C@H]1N[C@@H](C2)[C@H](O)N2C1[C@@H]1SCC(=O)C(=O)OC[C@H]2c2c3c(c(C)c(OC(C)=O)c21)OCO3. The highest BCUT2D eigenvalue weighted by Crippen LogP contribution is 2.62. The minimum Gasteiger partial charge on any atom is -0.504 e. The van der Waals surface area contributed by atoms with E-state index in [1.807, 2.05) is 17.9 Å². The summed E-state index contributed by atoms with van der Waals surface area (Å²) in [6.07, 6.45) is -0.621. The van der Waals surface area contributed by atoms with Crippen LogP contribution in [0.25, 0.3) is 0 Å². The Hall–Kier alpha value is -3.52. The van der Waals surface area contributed by atoms with Gasteiger partial charge < -0.3 is 39.2 Å². The number of phenolic OH excluding ortho intramolecular Hbond substituents is 1. The van der Waals surface area contributed by atoms with Crippen LogP contribution in [0.4, 0.5) is 0 Å². The second kappa shape index (κ2) is 9.76. The number of aromatic hydroxyl groups is 1. The Labute approximate surface area is 245 Å². The molecule has 12 nitrogen and oxygen atoms in total. The first kappa shape index (κ1) is 27.3. The predicted molar refractivity (Wildman–Crippen MR) is 147 cm³/mol. The van der Waals surface area contributed by atoms with Gasteiger partial charge in [-0.1, -0.05) is 6.07 Å². The van der Waals surface area contributed by atoms with Crippen molar-refractivity contribution in [3.05, 3.63) is 39.4 Å². The highest BCUT2D eigenvalue weighted by atomic mass is 32.2. The van der Waals surface area contributed by atoms with Crippen LogP contribution in [0, 0.1) is 13.8 Å². The maximum absolute atomic E-state index is 12.8. The number of thioether (sulfide) groups is 1. The number of rotatable bonds is 2. The number of methoxy groups -OCH3 is 1. The summed E-state index contributed by atoms with van der Waals surface area (Å²) in [6.45, 7) is 4.60. The third-order valence-corrected chi connectivity index (χ3v) is 10.2. The van der Waals surface area contributed by atoms with Crippen LogP contribution >= 0.6 is 11.8 Å². The third-order valence-electron chi connectivity index (χ3n) is 8.87. The number of aryl methyl sites for hydroxylation is 1. The number of benzene rings is 2. The van der Waals surface area contributed by atoms with Crippen molar-refractivity contribution in [1.82, 2.24) is 10.2 Å². The third kappa shape index (κ3) is 3.76. The molecule has 13 heteroatoms. The number of esters is 2. The number of phenols is 1. The van der Waals surface area contributed by atoms with E-state index in [-0.39, 0.29) is 30.7 Å². The van der Waals surface area contributed by atoms with Crippen molar-refractivity contribution in [3.8, 4) is 28.7 Å². The van der Waals surface area contributed by atoms with Crippen LogP contribution in [-0.4, -0.2) is 77.4 Å². The molecule has 2 saturated heterocycles. The molecule has 3 N–H and O–H groups in total. The number of ether oxygens (including phenoxy) is 5. The summed E-state index contributed by atoms with van der Waals surface area (Å²) in [5.74, 6) is -0.942. The number of ketones is 1. The van der Waals surface area contributed by atoms with Gasteiger partial charge in [-0.25, -0.2) is 4.79 Å². The molecular weight excluding hydrogens is 568 g/mol. The summed E-state index contributed by atoms with van der Waals surface area (Å²) in [5, 5.41) is 26.4. The average Bonchev–Trinajstić information content (AvgIpc) is 3.44. The fourth-order valence-corrected chi connectivity index (χ4v) is 8.66. The molecule has 0 aliphatic carbocycles. The van der Waals surface area contributed by atoms with E-state index in [1.54, 1.807) is 6.92 Å². The molecule has 5 aliphatic rings. The molecule has 2 aromatic rings. The molecule has 6 atom stereocenters. The molecule has 0 amide bonds. The average molecular weight is 599 g/mol. The van der Waals surface area contributed by atoms with Crippen LogP contribution in [0.15, 0.2) is 6.07 Å². The lowest BCUT2D eigenvalue weighted by Crippen LogP contribution is -2.69. The molecule has 1 unspecified atom stereocenters. The fraction of sp³-hybridized carbons (Fsp3) is 0.483. The topological polar surface area (TPSA) is 153 Å². The standard InChI is InChI=1S/C29H30N2O10S/c1-10-5-13-6-14-28(35)31-15-7-38-29(36)16(33)8-42-27(21(31)20(30-14)17(13)22(34)23(10)37-4)19-18(15)26-25(39-9-40-26)11(2)24(19)41-12(3)32/h5,14-15,20-21,27-28,30,34-35H,6-9H2,1-4H3/t14-,15-,20+,21?,27+,28-/m0/s1. The Morgan fingerprint density at radius 1 is 1.12 bits per heavy atom. The van der Waals surface area contributed by atoms with Crippen molar-refractivity contribution in [2.75, 3.05) is 26.3 Å². The zero-order valence-corrected chi connectivity index (χ0v) is 24.2. The van der Waals surface area contributed by atoms with E-state index in [0.29, 0.717) is 45.9 Å². The number of aliphatic hydroxyl groups excluding tert-OH is 1. The van der Waals surface area contributed by atoms with E-state index in [2.05, 4.69) is 5.32 Å². The first-order valence-corrected chi connectivity index (χ1v) is 14.7. The number of hydrogen-bond acceptors (Lipinski definition) is 13. The molecule has 5 heterocycles. The van der Waals surface area contributed by atoms with Crippen molar-refractivity contribution >= 4 is 29.5 Å². The molecule has 4 bridgehead atoms. The molecule has 0 aromatic heterocycles. The van der Waals surface area contributed by atoms with Gasteiger partial charge in [-0.15, -0.1) is 11.8 Å². The molecule has 0 spiro atoms. The second-order valence-corrected chi connectivity index (χ2v) is 12.3. The van der Waals surface area contributed by atoms with Crippen LogP contribution < -0.4 is 24.3 Å². The van der Waals surface area contributed by atoms with Crippen LogP contribution in [0.5, 0.6) is 28.7 Å². The molecule has 0 saturated carbocycles. The van der Waals surface area contributed by atoms with Crippen molar-refractivity contribution in [2.24, 2.45) is 0 Å². The Kier molecular flexibility index (Phi) is 6.35. The van der Waals surface area contributed by atoms with E-state index >= 15 is 0 Å². The number of hydrogen-bond donors (Lipinski definition) is 3. The number of piperazine rings is 1. The number of Topliss-reactive ketones (excluding diaryl/α,β-unsaturated/α-hetero) is 1. The molecule has 7 rings (SSSR count). The van der Waals surface area contributed by atoms with Crippen LogP contribution in [0.3, 0.4) is 0 Å². The summed E-state index contributed by atoms with van der Waals surface area (Å²) < 4.78 is 28.7. The lowest BCUT2D eigenvalue weighted by molar-refractivity contribution is -0.162. The van der Waals surface area contributed by atoms with E-state index in [0.717, 1.165) is 11.1 Å². The minimum atomic E-state index is -1.05. The van der Waals surface area contributed by atoms with Gasteiger partial charge in [-0.05, 0) is 31.4 Å². The number of carbonyl (C=O) groups is 3. The number of fused-ring (bicyclic) bond motifs is 9. The molecule has 2 fully saturated rings. The Balaban J connectivity index is 1.53. The number of carbonyl (C=O) groups excluding carboxylic acids is 3. The highest BCUT2D eigenvalue weighted by molar-refractivity contribution is 8.00. The predicted octanol–water partition coefficient (Wildman–Crippen LogP) is 1.88. The summed E-state index contributed by atoms with van der Waals surface area (Å²) in [7, 11) is 1.50.